The molecule has 8 heteroatoms. The van der Waals surface area contributed by atoms with Crippen LogP contribution in [0.2, 0.25) is 10.0 Å². The smallest absolute Gasteiger partial charge is 0.430 e. The van der Waals surface area contributed by atoms with Gasteiger partial charge in [0, 0.05) is 16.1 Å². The number of hydrogen-bond donors (Lipinski definition) is 1. The predicted octanol–water partition coefficient (Wildman–Crippen LogP) is 5.18. The Morgan fingerprint density at radius 1 is 1.11 bits per heavy atom. The summed E-state index contributed by atoms with van der Waals surface area (Å²) in [6, 6.07) is 9.35. The van der Waals surface area contributed by atoms with Gasteiger partial charge in [0.2, 0.25) is 6.10 Å². The summed E-state index contributed by atoms with van der Waals surface area (Å²) in [7, 11) is 0. The number of benzene rings is 2. The highest BCUT2D eigenvalue weighted by Gasteiger charge is 2.48. The van der Waals surface area contributed by atoms with Crippen molar-refractivity contribution in [1.82, 2.24) is 0 Å². The van der Waals surface area contributed by atoms with Gasteiger partial charge in [-0.25, -0.2) is 4.79 Å². The molecule has 1 atom stereocenters. The first kappa shape index (κ1) is 19.2. The molecule has 0 fully saturated rings. The summed E-state index contributed by atoms with van der Waals surface area (Å²) in [6.45, 7) is 0. The minimum atomic E-state index is -4.91. The van der Waals surface area contributed by atoms with E-state index in [1.807, 2.05) is 0 Å². The van der Waals surface area contributed by atoms with Gasteiger partial charge in [-0.15, -0.1) is 0 Å². The molecule has 1 aliphatic heterocycles. The van der Waals surface area contributed by atoms with Crippen molar-refractivity contribution in [1.29, 1.82) is 0 Å². The van der Waals surface area contributed by atoms with E-state index in [2.05, 4.69) is 11.8 Å². The van der Waals surface area contributed by atoms with E-state index in [9.17, 15) is 18.0 Å². The molecule has 0 aliphatic carbocycles. The summed E-state index contributed by atoms with van der Waals surface area (Å²) >= 11 is 12.0. The fraction of sp³-hybridized carbons (Fsp3) is 0.105. The Labute approximate surface area is 162 Å². The first-order valence-corrected chi connectivity index (χ1v) is 8.21. The lowest BCUT2D eigenvalue weighted by Gasteiger charge is -2.27. The number of carbonyl (C=O) groups is 1. The molecule has 0 spiro atoms. The highest BCUT2D eigenvalue weighted by atomic mass is 35.5. The number of carboxylic acid groups (broad SMARTS) is 1. The maximum atomic E-state index is 13.3. The van der Waals surface area contributed by atoms with Crippen LogP contribution in [-0.2, 0) is 4.79 Å². The largest absolute Gasteiger partial charge is 0.478 e. The van der Waals surface area contributed by atoms with E-state index < -0.39 is 23.8 Å². The molecule has 0 bridgehead atoms. The Balaban J connectivity index is 2.14. The second-order valence-corrected chi connectivity index (χ2v) is 6.39. The monoisotopic (exact) mass is 412 g/mol. The average molecular weight is 413 g/mol. The van der Waals surface area contributed by atoms with Crippen molar-refractivity contribution < 1.29 is 27.8 Å². The molecule has 1 aliphatic rings. The number of fused-ring (bicyclic) bond motifs is 1. The molecule has 2 aromatic carbocycles. The van der Waals surface area contributed by atoms with Crippen molar-refractivity contribution in [3.8, 4) is 17.6 Å². The van der Waals surface area contributed by atoms with Gasteiger partial charge in [0.05, 0.1) is 16.2 Å². The van der Waals surface area contributed by atoms with Gasteiger partial charge in [0.15, 0.2) is 0 Å². The molecule has 1 heterocycles. The van der Waals surface area contributed by atoms with Gasteiger partial charge in [-0.05, 0) is 30.3 Å². The van der Waals surface area contributed by atoms with Crippen LogP contribution >= 0.6 is 23.2 Å². The Kier molecular flexibility index (Phi) is 5.09. The SMILES string of the molecule is O=C(O)C1=Cc2cc(Cl)cc(C#Cc3ccccc3Cl)c2OC1C(F)(F)F. The lowest BCUT2D eigenvalue weighted by molar-refractivity contribution is -0.187. The summed E-state index contributed by atoms with van der Waals surface area (Å²) < 4.78 is 44.8. The average Bonchev–Trinajstić information content (AvgIpc) is 2.58. The zero-order valence-corrected chi connectivity index (χ0v) is 14.8. The summed E-state index contributed by atoms with van der Waals surface area (Å²) in [5, 5.41) is 9.65. The van der Waals surface area contributed by atoms with Crippen LogP contribution in [0.3, 0.4) is 0 Å². The van der Waals surface area contributed by atoms with Gasteiger partial charge >= 0.3 is 12.1 Å². The highest BCUT2D eigenvalue weighted by molar-refractivity contribution is 6.31. The molecule has 0 radical (unpaired) electrons. The normalized spacial score (nSPS) is 15.7. The van der Waals surface area contributed by atoms with Crippen LogP contribution in [-0.4, -0.2) is 23.4 Å². The standard InChI is InChI=1S/C19H9Cl2F3O3/c20-13-7-11(6-5-10-3-1-2-4-15(10)21)16-12(8-13)9-14(18(25)26)17(27-16)19(22,23)24/h1-4,7-9,17H,(H,25,26). The van der Waals surface area contributed by atoms with E-state index in [4.69, 9.17) is 33.0 Å². The zero-order chi connectivity index (χ0) is 19.8. The maximum absolute atomic E-state index is 13.3. The molecule has 3 rings (SSSR count). The number of hydrogen-bond acceptors (Lipinski definition) is 2. The molecular weight excluding hydrogens is 404 g/mol. The van der Waals surface area contributed by atoms with Gasteiger partial charge in [-0.3, -0.25) is 0 Å². The molecule has 3 nitrogen and oxygen atoms in total. The Bertz CT molecular complexity index is 1020. The van der Waals surface area contributed by atoms with Crippen LogP contribution in [0.4, 0.5) is 13.2 Å². The first-order valence-electron chi connectivity index (χ1n) is 7.45. The van der Waals surface area contributed by atoms with Gasteiger partial charge in [0.25, 0.3) is 0 Å². The third-order valence-electron chi connectivity index (χ3n) is 3.66. The van der Waals surface area contributed by atoms with E-state index in [0.29, 0.717) is 10.6 Å². The highest BCUT2D eigenvalue weighted by Crippen LogP contribution is 2.40. The van der Waals surface area contributed by atoms with E-state index in [-0.39, 0.29) is 21.9 Å². The number of halogens is 5. The summed E-state index contributed by atoms with van der Waals surface area (Å²) in [5.74, 6) is 3.54. The molecule has 2 aromatic rings. The van der Waals surface area contributed by atoms with Crippen molar-refractivity contribution in [3.63, 3.8) is 0 Å². The quantitative estimate of drug-likeness (QED) is 0.656. The van der Waals surface area contributed by atoms with Crippen LogP contribution in [0.1, 0.15) is 16.7 Å². The third kappa shape index (κ3) is 4.05. The molecule has 0 saturated carbocycles. The van der Waals surface area contributed by atoms with Crippen LogP contribution in [0.5, 0.6) is 5.75 Å². The zero-order valence-electron chi connectivity index (χ0n) is 13.3. The van der Waals surface area contributed by atoms with E-state index in [1.54, 1.807) is 24.3 Å². The lowest BCUT2D eigenvalue weighted by atomic mass is 9.98. The van der Waals surface area contributed by atoms with E-state index in [0.717, 1.165) is 6.08 Å². The van der Waals surface area contributed by atoms with Crippen LogP contribution in [0.25, 0.3) is 6.08 Å². The molecule has 0 amide bonds. The fourth-order valence-electron chi connectivity index (χ4n) is 2.49. The van der Waals surface area contributed by atoms with Crippen molar-refractivity contribution in [2.75, 3.05) is 0 Å². The Morgan fingerprint density at radius 3 is 2.41 bits per heavy atom. The number of aliphatic carboxylic acids is 1. The predicted molar refractivity (Wildman–Crippen MR) is 95.0 cm³/mol. The number of alkyl halides is 3. The fourth-order valence-corrected chi connectivity index (χ4v) is 2.89. The number of carboxylic acids is 1. The van der Waals surface area contributed by atoms with Crippen molar-refractivity contribution in [3.05, 3.63) is 68.7 Å². The second kappa shape index (κ2) is 7.18. The van der Waals surface area contributed by atoms with Crippen LogP contribution in [0, 0.1) is 11.8 Å². The topological polar surface area (TPSA) is 46.5 Å². The minimum absolute atomic E-state index is 0.0901. The molecule has 27 heavy (non-hydrogen) atoms. The van der Waals surface area contributed by atoms with Gasteiger partial charge in [-0.1, -0.05) is 47.2 Å². The van der Waals surface area contributed by atoms with Gasteiger partial charge < -0.3 is 9.84 Å². The molecular formula is C19H9Cl2F3O3. The van der Waals surface area contributed by atoms with Gasteiger partial charge in [0.1, 0.15) is 5.75 Å². The summed E-state index contributed by atoms with van der Waals surface area (Å²) in [4.78, 5) is 11.2. The van der Waals surface area contributed by atoms with E-state index >= 15 is 0 Å². The Morgan fingerprint density at radius 2 is 1.78 bits per heavy atom. The van der Waals surface area contributed by atoms with Crippen LogP contribution in [0.15, 0.2) is 42.0 Å². The maximum Gasteiger partial charge on any atom is 0.430 e. The van der Waals surface area contributed by atoms with Crippen molar-refractivity contribution >= 4 is 35.2 Å². The Hall–Kier alpha value is -2.62. The van der Waals surface area contributed by atoms with Crippen LogP contribution < -0.4 is 4.74 Å². The lowest BCUT2D eigenvalue weighted by Crippen LogP contribution is -2.40. The molecule has 0 saturated heterocycles. The van der Waals surface area contributed by atoms with Gasteiger partial charge in [-0.2, -0.15) is 13.2 Å². The molecule has 1 N–H and O–H groups in total. The minimum Gasteiger partial charge on any atom is -0.478 e. The van der Waals surface area contributed by atoms with E-state index in [1.165, 1.54) is 12.1 Å². The summed E-state index contributed by atoms with van der Waals surface area (Å²) in [6.07, 6.45) is -6.62. The molecule has 0 aromatic heterocycles. The van der Waals surface area contributed by atoms with Crippen molar-refractivity contribution in [2.24, 2.45) is 0 Å². The third-order valence-corrected chi connectivity index (χ3v) is 4.21. The molecule has 138 valence electrons. The van der Waals surface area contributed by atoms with Crippen molar-refractivity contribution in [2.45, 2.75) is 12.3 Å². The second-order valence-electron chi connectivity index (χ2n) is 5.55. The first-order chi connectivity index (χ1) is 12.7. The molecule has 1 unspecified atom stereocenters. The summed E-state index contributed by atoms with van der Waals surface area (Å²) in [5.41, 5.74) is -0.267. The number of ether oxygens (including phenoxy) is 1. The number of rotatable bonds is 1.